The van der Waals surface area contributed by atoms with Crippen molar-refractivity contribution in [2.45, 2.75) is 37.3 Å². The molecule has 0 unspecified atom stereocenters. The van der Waals surface area contributed by atoms with Gasteiger partial charge in [0, 0.05) is 61.5 Å². The molecule has 2 aromatic rings. The minimum Gasteiger partial charge on any atom is -0.288 e. The molecule has 0 bridgehead atoms. The third kappa shape index (κ3) is 4.73. The summed E-state index contributed by atoms with van der Waals surface area (Å²) in [6, 6.07) is 10.2. The van der Waals surface area contributed by atoms with E-state index in [9.17, 15) is 37.1 Å². The Morgan fingerprint density at radius 2 is 0.889 bits per heavy atom. The summed E-state index contributed by atoms with van der Waals surface area (Å²) in [6.45, 7) is 0.549. The maximum Gasteiger partial charge on any atom is 0.269 e. The zero-order valence-corrected chi connectivity index (χ0v) is 20.7. The van der Waals surface area contributed by atoms with Gasteiger partial charge in [-0.2, -0.15) is 0 Å². The molecular formula is C22H24N4O8S2. The second-order valence-electron chi connectivity index (χ2n) is 9.61. The third-order valence-electron chi connectivity index (χ3n) is 7.32. The lowest BCUT2D eigenvalue weighted by molar-refractivity contribution is -0.385. The van der Waals surface area contributed by atoms with Gasteiger partial charge in [-0.25, -0.2) is 16.8 Å². The van der Waals surface area contributed by atoms with E-state index in [-0.39, 0.29) is 47.5 Å². The SMILES string of the molecule is O=[N+]([O-])c1ccc(CN2[C@@H]3CS(=O)(=O)C[C@H]3N(Cc3ccc([N+](=O)[O-])cc3)[C@H]3CS(=O)(=O)C[C@H]32)cc1. The molecule has 12 nitrogen and oxygen atoms in total. The van der Waals surface area contributed by atoms with Crippen LogP contribution in [0.1, 0.15) is 11.1 Å². The molecule has 5 rings (SSSR count). The normalized spacial score (nSPS) is 28.9. The minimum atomic E-state index is -3.39. The number of benzene rings is 2. The zero-order valence-electron chi connectivity index (χ0n) is 19.0. The molecule has 0 radical (unpaired) electrons. The quantitative estimate of drug-likeness (QED) is 0.387. The fourth-order valence-electron chi connectivity index (χ4n) is 5.72. The highest BCUT2D eigenvalue weighted by Gasteiger charge is 2.57. The van der Waals surface area contributed by atoms with Crippen LogP contribution in [0.5, 0.6) is 0 Å². The molecule has 3 fully saturated rings. The second kappa shape index (κ2) is 8.87. The highest BCUT2D eigenvalue weighted by molar-refractivity contribution is 7.92. The largest absolute Gasteiger partial charge is 0.288 e. The molecule has 3 aliphatic heterocycles. The Kier molecular flexibility index (Phi) is 6.09. The Balaban J connectivity index is 1.49. The zero-order chi connectivity index (χ0) is 25.8. The van der Waals surface area contributed by atoms with Crippen LogP contribution in [0.2, 0.25) is 0 Å². The van der Waals surface area contributed by atoms with Crippen molar-refractivity contribution in [3.05, 3.63) is 79.9 Å². The highest BCUT2D eigenvalue weighted by atomic mass is 32.2. The van der Waals surface area contributed by atoms with Gasteiger partial charge in [-0.3, -0.25) is 30.0 Å². The maximum absolute atomic E-state index is 12.8. The molecule has 14 heteroatoms. The number of nitro groups is 2. The van der Waals surface area contributed by atoms with Crippen LogP contribution in [0.3, 0.4) is 0 Å². The topological polar surface area (TPSA) is 161 Å². The van der Waals surface area contributed by atoms with Crippen molar-refractivity contribution in [2.75, 3.05) is 23.0 Å². The summed E-state index contributed by atoms with van der Waals surface area (Å²) >= 11 is 0. The molecule has 0 aliphatic carbocycles. The lowest BCUT2D eigenvalue weighted by Crippen LogP contribution is -2.67. The van der Waals surface area contributed by atoms with E-state index in [1.54, 1.807) is 24.3 Å². The van der Waals surface area contributed by atoms with Gasteiger partial charge in [-0.1, -0.05) is 24.3 Å². The summed E-state index contributed by atoms with van der Waals surface area (Å²) in [5.41, 5.74) is 1.34. The first-order chi connectivity index (χ1) is 16.9. The molecule has 192 valence electrons. The Labute approximate surface area is 207 Å². The van der Waals surface area contributed by atoms with Crippen molar-refractivity contribution in [1.82, 2.24) is 9.80 Å². The van der Waals surface area contributed by atoms with Gasteiger partial charge in [0.15, 0.2) is 19.7 Å². The van der Waals surface area contributed by atoms with Crippen LogP contribution in [0.15, 0.2) is 48.5 Å². The van der Waals surface area contributed by atoms with Crippen LogP contribution in [0.25, 0.3) is 0 Å². The highest BCUT2D eigenvalue weighted by Crippen LogP contribution is 2.39. The number of fused-ring (bicyclic) bond motifs is 2. The fourth-order valence-corrected chi connectivity index (χ4v) is 9.72. The molecule has 3 saturated heterocycles. The summed E-state index contributed by atoms with van der Waals surface area (Å²) in [7, 11) is -6.77. The molecule has 2 aromatic carbocycles. The van der Waals surface area contributed by atoms with Crippen LogP contribution in [0.4, 0.5) is 11.4 Å². The van der Waals surface area contributed by atoms with Crippen molar-refractivity contribution >= 4 is 31.0 Å². The molecular weight excluding hydrogens is 512 g/mol. The summed E-state index contributed by atoms with van der Waals surface area (Å²) in [6.07, 6.45) is 0. The predicted molar refractivity (Wildman–Crippen MR) is 130 cm³/mol. The molecule has 0 aromatic heterocycles. The van der Waals surface area contributed by atoms with E-state index >= 15 is 0 Å². The fraction of sp³-hybridized carbons (Fsp3) is 0.455. The average Bonchev–Trinajstić information content (AvgIpc) is 3.31. The van der Waals surface area contributed by atoms with Crippen molar-refractivity contribution in [2.24, 2.45) is 0 Å². The Morgan fingerprint density at radius 3 is 1.14 bits per heavy atom. The van der Waals surface area contributed by atoms with Gasteiger partial charge in [0.1, 0.15) is 0 Å². The number of nitro benzene ring substituents is 2. The summed E-state index contributed by atoms with van der Waals surface area (Å²) in [4.78, 5) is 24.9. The summed E-state index contributed by atoms with van der Waals surface area (Å²) in [5.74, 6) is -0.426. The van der Waals surface area contributed by atoms with Gasteiger partial charge >= 0.3 is 0 Å². The summed E-state index contributed by atoms with van der Waals surface area (Å²) < 4.78 is 51.0. The van der Waals surface area contributed by atoms with Gasteiger partial charge in [0.25, 0.3) is 11.4 Å². The van der Waals surface area contributed by atoms with E-state index in [0.29, 0.717) is 0 Å². The molecule has 0 N–H and O–H groups in total. The predicted octanol–water partition coefficient (Wildman–Crippen LogP) is 1.15. The Hall–Kier alpha value is -2.94. The average molecular weight is 537 g/mol. The number of non-ortho nitro benzene ring substituents is 2. The number of nitrogens with zero attached hydrogens (tertiary/aromatic N) is 4. The number of hydrogen-bond donors (Lipinski definition) is 0. The van der Waals surface area contributed by atoms with Crippen molar-refractivity contribution in [3.8, 4) is 0 Å². The van der Waals surface area contributed by atoms with Gasteiger partial charge in [0.05, 0.1) is 32.9 Å². The van der Waals surface area contributed by atoms with E-state index in [1.807, 2.05) is 9.80 Å². The number of rotatable bonds is 6. The first kappa shape index (κ1) is 24.7. The Morgan fingerprint density at radius 1 is 0.611 bits per heavy atom. The van der Waals surface area contributed by atoms with Crippen LogP contribution in [-0.2, 0) is 32.8 Å². The standard InChI is InChI=1S/C22H24N4O8S2/c27-25(28)17-5-1-15(2-6-17)9-23-19-11-35(31,32)13-21(19)24(22-14-36(33,34)12-20(22)23)10-16-3-7-18(8-4-16)26(29)30/h1-8,19-22H,9-14H2/t19-,20-,21-,22+/m1/s1. The third-order valence-corrected chi connectivity index (χ3v) is 10.7. The van der Waals surface area contributed by atoms with Crippen molar-refractivity contribution < 1.29 is 26.7 Å². The van der Waals surface area contributed by atoms with Gasteiger partial charge in [-0.15, -0.1) is 0 Å². The maximum atomic E-state index is 12.8. The van der Waals surface area contributed by atoms with E-state index in [1.165, 1.54) is 24.3 Å². The lowest BCUT2D eigenvalue weighted by Gasteiger charge is -2.51. The van der Waals surface area contributed by atoms with Crippen LogP contribution in [0, 0.1) is 20.2 Å². The molecule has 0 saturated carbocycles. The molecule has 4 atom stereocenters. The number of hydrogen-bond acceptors (Lipinski definition) is 10. The Bertz CT molecular complexity index is 1270. The van der Waals surface area contributed by atoms with Crippen LogP contribution >= 0.6 is 0 Å². The molecule has 0 amide bonds. The van der Waals surface area contributed by atoms with Gasteiger partial charge < -0.3 is 0 Å². The van der Waals surface area contributed by atoms with E-state index in [0.717, 1.165) is 11.1 Å². The molecule has 3 aliphatic rings. The molecule has 36 heavy (non-hydrogen) atoms. The number of piperazine rings is 1. The van der Waals surface area contributed by atoms with Crippen molar-refractivity contribution in [3.63, 3.8) is 0 Å². The first-order valence-corrected chi connectivity index (χ1v) is 15.0. The van der Waals surface area contributed by atoms with Crippen LogP contribution in [-0.4, -0.2) is 83.7 Å². The summed E-state index contributed by atoms with van der Waals surface area (Å²) in [5, 5.41) is 22.0. The molecule has 3 heterocycles. The number of sulfone groups is 2. The van der Waals surface area contributed by atoms with Gasteiger partial charge in [-0.05, 0) is 11.1 Å². The monoisotopic (exact) mass is 536 g/mol. The van der Waals surface area contributed by atoms with E-state index < -0.39 is 53.7 Å². The molecule has 0 spiro atoms. The minimum absolute atomic E-state index is 0.0608. The van der Waals surface area contributed by atoms with E-state index in [2.05, 4.69) is 0 Å². The second-order valence-corrected chi connectivity index (χ2v) is 13.9. The van der Waals surface area contributed by atoms with E-state index in [4.69, 9.17) is 0 Å². The smallest absolute Gasteiger partial charge is 0.269 e. The first-order valence-electron chi connectivity index (χ1n) is 11.3. The lowest BCUT2D eigenvalue weighted by atomic mass is 9.93. The van der Waals surface area contributed by atoms with Crippen molar-refractivity contribution in [1.29, 1.82) is 0 Å². The van der Waals surface area contributed by atoms with Gasteiger partial charge in [0.2, 0.25) is 0 Å². The van der Waals surface area contributed by atoms with Crippen LogP contribution < -0.4 is 0 Å².